The third-order valence-electron chi connectivity index (χ3n) is 4.45. The lowest BCUT2D eigenvalue weighted by Crippen LogP contribution is -2.27. The predicted molar refractivity (Wildman–Crippen MR) is 118 cm³/mol. The van der Waals surface area contributed by atoms with Gasteiger partial charge in [-0.25, -0.2) is 0 Å². The van der Waals surface area contributed by atoms with Gasteiger partial charge in [-0.3, -0.25) is 5.01 Å². The van der Waals surface area contributed by atoms with Crippen molar-refractivity contribution in [1.29, 1.82) is 0 Å². The summed E-state index contributed by atoms with van der Waals surface area (Å²) in [5.41, 5.74) is 10.1. The molecule has 0 bridgehead atoms. The SMILES string of the molecule is CCCC=C1C(N)=CC(c2cccc(Sc3ccccc3OC)c2)=NN1CC. The Morgan fingerprint density at radius 2 is 1.96 bits per heavy atom. The molecule has 0 aliphatic carbocycles. The Kier molecular flexibility index (Phi) is 6.82. The van der Waals surface area contributed by atoms with Gasteiger partial charge in [0.2, 0.25) is 0 Å². The van der Waals surface area contributed by atoms with Crippen LogP contribution in [0, 0.1) is 0 Å². The molecule has 0 unspecified atom stereocenters. The van der Waals surface area contributed by atoms with Crippen molar-refractivity contribution in [1.82, 2.24) is 5.01 Å². The molecule has 3 rings (SSSR count). The molecular weight excluding hydrogens is 366 g/mol. The molecule has 0 radical (unpaired) electrons. The maximum Gasteiger partial charge on any atom is 0.132 e. The molecule has 2 aromatic carbocycles. The van der Waals surface area contributed by atoms with Crippen molar-refractivity contribution < 1.29 is 4.74 Å². The minimum Gasteiger partial charge on any atom is -0.496 e. The highest BCUT2D eigenvalue weighted by Crippen LogP contribution is 2.35. The number of ether oxygens (including phenoxy) is 1. The Morgan fingerprint density at radius 1 is 1.14 bits per heavy atom. The van der Waals surface area contributed by atoms with Crippen molar-refractivity contribution in [3.63, 3.8) is 0 Å². The van der Waals surface area contributed by atoms with Gasteiger partial charge in [-0.05, 0) is 43.7 Å². The fourth-order valence-electron chi connectivity index (χ4n) is 3.02. The van der Waals surface area contributed by atoms with Gasteiger partial charge in [-0.15, -0.1) is 0 Å². The fourth-order valence-corrected chi connectivity index (χ4v) is 4.00. The molecule has 0 saturated heterocycles. The number of allylic oxidation sites excluding steroid dienone is 2. The largest absolute Gasteiger partial charge is 0.496 e. The van der Waals surface area contributed by atoms with Gasteiger partial charge < -0.3 is 10.5 Å². The second kappa shape index (κ2) is 9.51. The minimum absolute atomic E-state index is 0.767. The van der Waals surface area contributed by atoms with E-state index in [2.05, 4.69) is 50.3 Å². The Balaban J connectivity index is 1.89. The summed E-state index contributed by atoms with van der Waals surface area (Å²) in [5.74, 6) is 0.875. The molecule has 1 heterocycles. The molecule has 0 atom stereocenters. The molecule has 146 valence electrons. The molecule has 28 heavy (non-hydrogen) atoms. The second-order valence-corrected chi connectivity index (χ2v) is 7.57. The number of nitrogens with two attached hydrogens (primary N) is 1. The summed E-state index contributed by atoms with van der Waals surface area (Å²) in [6.07, 6.45) is 6.23. The molecule has 4 nitrogen and oxygen atoms in total. The third kappa shape index (κ3) is 4.60. The van der Waals surface area contributed by atoms with Crippen LogP contribution in [0.1, 0.15) is 32.3 Å². The Labute approximate surface area is 171 Å². The van der Waals surface area contributed by atoms with E-state index in [1.54, 1.807) is 18.9 Å². The lowest BCUT2D eigenvalue weighted by atomic mass is 10.1. The van der Waals surface area contributed by atoms with Crippen LogP contribution in [-0.2, 0) is 0 Å². The Hall–Kier alpha value is -2.66. The summed E-state index contributed by atoms with van der Waals surface area (Å²) < 4.78 is 5.47. The highest BCUT2D eigenvalue weighted by Gasteiger charge is 2.17. The smallest absolute Gasteiger partial charge is 0.132 e. The van der Waals surface area contributed by atoms with Gasteiger partial charge in [-0.1, -0.05) is 55.4 Å². The molecule has 0 spiro atoms. The summed E-state index contributed by atoms with van der Waals surface area (Å²) in [6, 6.07) is 16.4. The fraction of sp³-hybridized carbons (Fsp3) is 0.261. The highest BCUT2D eigenvalue weighted by atomic mass is 32.2. The quantitative estimate of drug-likeness (QED) is 0.683. The lowest BCUT2D eigenvalue weighted by molar-refractivity contribution is 0.386. The van der Waals surface area contributed by atoms with E-state index >= 15 is 0 Å². The zero-order valence-corrected chi connectivity index (χ0v) is 17.5. The number of hydrazone groups is 1. The van der Waals surface area contributed by atoms with Crippen LogP contribution in [0.25, 0.3) is 0 Å². The van der Waals surface area contributed by atoms with E-state index in [0.29, 0.717) is 0 Å². The van der Waals surface area contributed by atoms with Crippen LogP contribution in [-0.4, -0.2) is 24.4 Å². The molecule has 1 aliphatic heterocycles. The second-order valence-electron chi connectivity index (χ2n) is 6.46. The maximum atomic E-state index is 6.36. The van der Waals surface area contributed by atoms with Gasteiger partial charge in [0.1, 0.15) is 5.75 Å². The van der Waals surface area contributed by atoms with Gasteiger partial charge in [0, 0.05) is 17.0 Å². The summed E-state index contributed by atoms with van der Waals surface area (Å²) >= 11 is 1.68. The van der Waals surface area contributed by atoms with E-state index in [1.165, 1.54) is 0 Å². The van der Waals surface area contributed by atoms with Crippen molar-refractivity contribution >= 4 is 17.5 Å². The van der Waals surface area contributed by atoms with Crippen LogP contribution in [0.2, 0.25) is 0 Å². The Morgan fingerprint density at radius 3 is 2.71 bits per heavy atom. The Bertz CT molecular complexity index is 918. The number of nitrogens with zero attached hydrogens (tertiary/aromatic N) is 2. The van der Waals surface area contributed by atoms with Gasteiger partial charge in [0.15, 0.2) is 0 Å². The van der Waals surface area contributed by atoms with Gasteiger partial charge in [0.25, 0.3) is 0 Å². The van der Waals surface area contributed by atoms with E-state index in [9.17, 15) is 0 Å². The predicted octanol–water partition coefficient (Wildman–Crippen LogP) is 5.41. The van der Waals surface area contributed by atoms with Gasteiger partial charge >= 0.3 is 0 Å². The topological polar surface area (TPSA) is 50.9 Å². The molecule has 2 N–H and O–H groups in total. The van der Waals surface area contributed by atoms with Crippen LogP contribution in [0.15, 0.2) is 87.0 Å². The molecule has 0 aromatic heterocycles. The summed E-state index contributed by atoms with van der Waals surface area (Å²) in [4.78, 5) is 2.22. The van der Waals surface area contributed by atoms with Crippen LogP contribution < -0.4 is 10.5 Å². The number of likely N-dealkylation sites (N-methyl/N-ethyl adjacent to an activating group) is 1. The van der Waals surface area contributed by atoms with Crippen LogP contribution >= 0.6 is 11.8 Å². The van der Waals surface area contributed by atoms with E-state index in [1.807, 2.05) is 29.3 Å². The number of unbranched alkanes of at least 4 members (excludes halogenated alkanes) is 1. The number of rotatable bonds is 7. The van der Waals surface area contributed by atoms with Crippen LogP contribution in [0.4, 0.5) is 0 Å². The average molecular weight is 394 g/mol. The van der Waals surface area contributed by atoms with Gasteiger partial charge in [0.05, 0.1) is 29.1 Å². The summed E-state index contributed by atoms with van der Waals surface area (Å²) in [7, 11) is 1.70. The third-order valence-corrected chi connectivity index (χ3v) is 5.49. The van der Waals surface area contributed by atoms with Crippen molar-refractivity contribution in [2.24, 2.45) is 10.8 Å². The molecular formula is C23H27N3OS. The van der Waals surface area contributed by atoms with E-state index < -0.39 is 0 Å². The molecule has 0 saturated carbocycles. The highest BCUT2D eigenvalue weighted by molar-refractivity contribution is 7.99. The van der Waals surface area contributed by atoms with E-state index in [0.717, 1.165) is 57.6 Å². The summed E-state index contributed by atoms with van der Waals surface area (Å²) in [5, 5.41) is 6.81. The molecule has 1 aliphatic rings. The van der Waals surface area contributed by atoms with Crippen molar-refractivity contribution in [3.8, 4) is 5.75 Å². The first-order valence-electron chi connectivity index (χ1n) is 9.61. The standard InChI is InChI=1S/C23H27N3OS/c1-4-6-12-21-19(24)16-20(25-26(21)5-2)17-10-9-11-18(15-17)28-23-14-8-7-13-22(23)27-3/h7-16H,4-6,24H2,1-3H3. The number of methoxy groups -OCH3 is 1. The van der Waals surface area contributed by atoms with E-state index in [-0.39, 0.29) is 0 Å². The average Bonchev–Trinajstić information content (AvgIpc) is 2.73. The number of para-hydroxylation sites is 1. The zero-order chi connectivity index (χ0) is 19.9. The maximum absolute atomic E-state index is 6.36. The van der Waals surface area contributed by atoms with Crippen molar-refractivity contribution in [2.45, 2.75) is 36.5 Å². The molecule has 5 heteroatoms. The van der Waals surface area contributed by atoms with Crippen LogP contribution in [0.3, 0.4) is 0 Å². The van der Waals surface area contributed by atoms with Crippen molar-refractivity contribution in [2.75, 3.05) is 13.7 Å². The minimum atomic E-state index is 0.767. The number of benzene rings is 2. The summed E-state index contributed by atoms with van der Waals surface area (Å²) in [6.45, 7) is 5.03. The first-order chi connectivity index (χ1) is 13.7. The normalized spacial score (nSPS) is 15.4. The number of hydrogen-bond donors (Lipinski definition) is 1. The molecule has 0 fully saturated rings. The lowest BCUT2D eigenvalue weighted by Gasteiger charge is -2.26. The van der Waals surface area contributed by atoms with E-state index in [4.69, 9.17) is 15.6 Å². The monoisotopic (exact) mass is 393 g/mol. The number of hydrogen-bond acceptors (Lipinski definition) is 5. The van der Waals surface area contributed by atoms with Crippen LogP contribution in [0.5, 0.6) is 5.75 Å². The van der Waals surface area contributed by atoms with Gasteiger partial charge in [-0.2, -0.15) is 5.10 Å². The molecule has 2 aromatic rings. The molecule has 0 amide bonds. The zero-order valence-electron chi connectivity index (χ0n) is 16.7. The first-order valence-corrected chi connectivity index (χ1v) is 10.4. The first kappa shape index (κ1) is 20.1. The van der Waals surface area contributed by atoms with Crippen molar-refractivity contribution in [3.05, 3.63) is 77.6 Å².